The van der Waals surface area contributed by atoms with Gasteiger partial charge in [0, 0.05) is 68.6 Å². The number of aromatic nitrogens is 1. The number of hydrogen-bond donors (Lipinski definition) is 1. The molecule has 1 unspecified atom stereocenters. The van der Waals surface area contributed by atoms with Gasteiger partial charge in [0.2, 0.25) is 5.91 Å². The molecule has 3 rings (SSSR count). The molecule has 2 aromatic rings. The summed E-state index contributed by atoms with van der Waals surface area (Å²) in [4.78, 5) is 14.5. The molecule has 24 heavy (non-hydrogen) atoms. The number of methoxy groups -OCH3 is 1. The SMILES string of the molecule is COCCN1CCC(NC(=O)C=Cc2cn(C)c3ccccc23)C1. The lowest BCUT2D eigenvalue weighted by molar-refractivity contribution is -0.117. The molecular formula is C19H25N3O2. The van der Waals surface area contributed by atoms with Gasteiger partial charge in [-0.2, -0.15) is 0 Å². The average molecular weight is 327 g/mol. The molecule has 1 aromatic heterocycles. The number of carbonyl (C=O) groups excluding carboxylic acids is 1. The topological polar surface area (TPSA) is 46.5 Å². The van der Waals surface area contributed by atoms with E-state index in [0.29, 0.717) is 0 Å². The molecule has 1 amide bonds. The Balaban J connectivity index is 1.58. The molecule has 0 spiro atoms. The number of amides is 1. The van der Waals surface area contributed by atoms with Crippen LogP contribution in [0.2, 0.25) is 0 Å². The number of likely N-dealkylation sites (tertiary alicyclic amines) is 1. The van der Waals surface area contributed by atoms with E-state index < -0.39 is 0 Å². The van der Waals surface area contributed by atoms with Crippen LogP contribution in [0.1, 0.15) is 12.0 Å². The summed E-state index contributed by atoms with van der Waals surface area (Å²) in [6, 6.07) is 8.44. The standard InChI is InChI=1S/C19H25N3O2/c1-21-13-15(17-5-3-4-6-18(17)21)7-8-19(23)20-16-9-10-22(14-16)11-12-24-2/h3-8,13,16H,9-12,14H2,1-2H3,(H,20,23). The number of aryl methyl sites for hydroxylation is 1. The first-order valence-electron chi connectivity index (χ1n) is 8.41. The quantitative estimate of drug-likeness (QED) is 0.826. The van der Waals surface area contributed by atoms with Crippen molar-refractivity contribution in [2.24, 2.45) is 7.05 Å². The van der Waals surface area contributed by atoms with Crippen LogP contribution >= 0.6 is 0 Å². The van der Waals surface area contributed by atoms with Crippen molar-refractivity contribution in [1.82, 2.24) is 14.8 Å². The van der Waals surface area contributed by atoms with Crippen LogP contribution in [-0.2, 0) is 16.6 Å². The number of carbonyl (C=O) groups is 1. The highest BCUT2D eigenvalue weighted by atomic mass is 16.5. The van der Waals surface area contributed by atoms with E-state index in [1.54, 1.807) is 13.2 Å². The summed E-state index contributed by atoms with van der Waals surface area (Å²) in [5, 5.41) is 4.26. The third kappa shape index (κ3) is 3.86. The van der Waals surface area contributed by atoms with Gasteiger partial charge in [0.1, 0.15) is 0 Å². The van der Waals surface area contributed by atoms with Gasteiger partial charge in [0.15, 0.2) is 0 Å². The minimum Gasteiger partial charge on any atom is -0.383 e. The monoisotopic (exact) mass is 327 g/mol. The van der Waals surface area contributed by atoms with Crippen molar-refractivity contribution in [3.8, 4) is 0 Å². The van der Waals surface area contributed by atoms with Gasteiger partial charge in [-0.3, -0.25) is 9.69 Å². The summed E-state index contributed by atoms with van der Waals surface area (Å²) < 4.78 is 7.18. The largest absolute Gasteiger partial charge is 0.383 e. The Bertz CT molecular complexity index is 735. The summed E-state index contributed by atoms with van der Waals surface area (Å²) in [6.45, 7) is 3.58. The van der Waals surface area contributed by atoms with E-state index in [2.05, 4.69) is 33.1 Å². The van der Waals surface area contributed by atoms with Gasteiger partial charge in [0.25, 0.3) is 0 Å². The van der Waals surface area contributed by atoms with Gasteiger partial charge >= 0.3 is 0 Å². The molecule has 1 aliphatic heterocycles. The van der Waals surface area contributed by atoms with Crippen molar-refractivity contribution in [1.29, 1.82) is 0 Å². The zero-order valence-corrected chi connectivity index (χ0v) is 14.4. The third-order valence-electron chi connectivity index (χ3n) is 4.57. The highest BCUT2D eigenvalue weighted by Gasteiger charge is 2.22. The van der Waals surface area contributed by atoms with Crippen molar-refractivity contribution in [2.45, 2.75) is 12.5 Å². The molecule has 1 fully saturated rings. The first-order valence-corrected chi connectivity index (χ1v) is 8.41. The molecule has 0 saturated carbocycles. The van der Waals surface area contributed by atoms with Gasteiger partial charge in [-0.05, 0) is 18.6 Å². The maximum absolute atomic E-state index is 12.2. The zero-order valence-electron chi connectivity index (χ0n) is 14.4. The molecule has 1 N–H and O–H groups in total. The van der Waals surface area contributed by atoms with Gasteiger partial charge < -0.3 is 14.6 Å². The Morgan fingerprint density at radius 1 is 1.42 bits per heavy atom. The predicted octanol–water partition coefficient (Wildman–Crippen LogP) is 2.03. The molecule has 1 saturated heterocycles. The van der Waals surface area contributed by atoms with Gasteiger partial charge in [-0.15, -0.1) is 0 Å². The fourth-order valence-corrected chi connectivity index (χ4v) is 3.29. The number of benzene rings is 1. The number of nitrogens with one attached hydrogen (secondary N) is 1. The summed E-state index contributed by atoms with van der Waals surface area (Å²) in [5.41, 5.74) is 2.23. The Morgan fingerprint density at radius 3 is 3.08 bits per heavy atom. The van der Waals surface area contributed by atoms with E-state index in [4.69, 9.17) is 4.74 Å². The number of para-hydroxylation sites is 1. The Labute approximate surface area is 142 Å². The summed E-state index contributed by atoms with van der Waals surface area (Å²) >= 11 is 0. The predicted molar refractivity (Wildman–Crippen MR) is 96.8 cm³/mol. The van der Waals surface area contributed by atoms with E-state index in [1.165, 1.54) is 5.52 Å². The summed E-state index contributed by atoms with van der Waals surface area (Å²) in [7, 11) is 3.74. The van der Waals surface area contributed by atoms with E-state index >= 15 is 0 Å². The lowest BCUT2D eigenvalue weighted by Crippen LogP contribution is -2.36. The minimum absolute atomic E-state index is 0.0264. The second-order valence-corrected chi connectivity index (χ2v) is 6.33. The number of ether oxygens (including phenoxy) is 1. The Morgan fingerprint density at radius 2 is 2.25 bits per heavy atom. The Hall–Kier alpha value is -2.11. The van der Waals surface area contributed by atoms with Crippen molar-refractivity contribution >= 4 is 22.9 Å². The molecule has 0 bridgehead atoms. The smallest absolute Gasteiger partial charge is 0.244 e. The van der Waals surface area contributed by atoms with E-state index in [9.17, 15) is 4.79 Å². The highest BCUT2D eigenvalue weighted by molar-refractivity contribution is 5.96. The van der Waals surface area contributed by atoms with Gasteiger partial charge in [0.05, 0.1) is 6.61 Å². The molecule has 5 nitrogen and oxygen atoms in total. The van der Waals surface area contributed by atoms with Crippen LogP contribution in [0.15, 0.2) is 36.5 Å². The number of hydrogen-bond acceptors (Lipinski definition) is 3. The fraction of sp³-hybridized carbons (Fsp3) is 0.421. The van der Waals surface area contributed by atoms with Gasteiger partial charge in [-0.25, -0.2) is 0 Å². The summed E-state index contributed by atoms with van der Waals surface area (Å²) in [6.07, 6.45) is 6.59. The normalized spacial score (nSPS) is 18.7. The van der Waals surface area contributed by atoms with Crippen molar-refractivity contribution < 1.29 is 9.53 Å². The van der Waals surface area contributed by atoms with Crippen LogP contribution in [0.25, 0.3) is 17.0 Å². The van der Waals surface area contributed by atoms with Crippen LogP contribution in [0.5, 0.6) is 0 Å². The molecule has 0 radical (unpaired) electrons. The van der Waals surface area contributed by atoms with Crippen LogP contribution in [-0.4, -0.2) is 54.8 Å². The first-order chi connectivity index (χ1) is 11.7. The molecule has 128 valence electrons. The molecule has 5 heteroatoms. The van der Waals surface area contributed by atoms with Crippen LogP contribution in [0.4, 0.5) is 0 Å². The molecule has 1 aromatic carbocycles. The average Bonchev–Trinajstić information content (AvgIpc) is 3.16. The van der Waals surface area contributed by atoms with Crippen molar-refractivity contribution in [2.75, 3.05) is 33.4 Å². The maximum atomic E-state index is 12.2. The summed E-state index contributed by atoms with van der Waals surface area (Å²) in [5.74, 6) is -0.0264. The second-order valence-electron chi connectivity index (χ2n) is 6.33. The Kier molecular flexibility index (Phi) is 5.33. The van der Waals surface area contributed by atoms with Crippen molar-refractivity contribution in [3.63, 3.8) is 0 Å². The molecule has 1 aliphatic rings. The second kappa shape index (κ2) is 7.64. The van der Waals surface area contributed by atoms with Crippen LogP contribution in [0, 0.1) is 0 Å². The number of fused-ring (bicyclic) bond motifs is 1. The lowest BCUT2D eigenvalue weighted by Gasteiger charge is -2.15. The lowest BCUT2D eigenvalue weighted by atomic mass is 10.1. The van der Waals surface area contributed by atoms with Gasteiger partial charge in [-0.1, -0.05) is 18.2 Å². The highest BCUT2D eigenvalue weighted by Crippen LogP contribution is 2.21. The van der Waals surface area contributed by atoms with Crippen LogP contribution < -0.4 is 5.32 Å². The molecule has 1 atom stereocenters. The van der Waals surface area contributed by atoms with Crippen molar-refractivity contribution in [3.05, 3.63) is 42.1 Å². The van der Waals surface area contributed by atoms with E-state index in [0.717, 1.165) is 43.6 Å². The minimum atomic E-state index is -0.0264. The number of nitrogens with zero attached hydrogens (tertiary/aromatic N) is 2. The third-order valence-corrected chi connectivity index (χ3v) is 4.57. The van der Waals surface area contributed by atoms with E-state index in [1.807, 2.05) is 25.3 Å². The van der Waals surface area contributed by atoms with E-state index in [-0.39, 0.29) is 11.9 Å². The molecular weight excluding hydrogens is 302 g/mol. The zero-order chi connectivity index (χ0) is 16.9. The molecule has 2 heterocycles. The first kappa shape index (κ1) is 16.7. The van der Waals surface area contributed by atoms with Crippen LogP contribution in [0.3, 0.4) is 0 Å². The number of rotatable bonds is 6. The molecule has 0 aliphatic carbocycles. The fourth-order valence-electron chi connectivity index (χ4n) is 3.29. The maximum Gasteiger partial charge on any atom is 0.244 e.